The standard InChI is InChI=1S/C3H9N2S.ClH/c1-2-6-3(4)5;/h2,4-5H2,1H3;1H/q+1;/p-1. The lowest BCUT2D eigenvalue weighted by Gasteiger charge is -1.63. The van der Waals surface area contributed by atoms with Crippen LogP contribution in [0.4, 0.5) is 0 Å². The summed E-state index contributed by atoms with van der Waals surface area (Å²) in [5.74, 6) is 0.961. The Bertz CT molecular complexity index is 60.0. The fourth-order valence-electron chi connectivity index (χ4n) is 0.167. The monoisotopic (exact) mass is 140 g/mol. The quantitative estimate of drug-likeness (QED) is 0.289. The first-order valence-corrected chi connectivity index (χ1v) is 2.76. The van der Waals surface area contributed by atoms with Gasteiger partial charge in [-0.15, -0.1) is 0 Å². The first-order chi connectivity index (χ1) is 2.77. The molecule has 0 aromatic rings. The molecule has 0 amide bonds. The van der Waals surface area contributed by atoms with Crippen molar-refractivity contribution in [3.05, 3.63) is 0 Å². The molecule has 0 saturated heterocycles. The average molecular weight is 141 g/mol. The molecule has 2 nitrogen and oxygen atoms in total. The van der Waals surface area contributed by atoms with Crippen molar-refractivity contribution in [2.45, 2.75) is 6.92 Å². The van der Waals surface area contributed by atoms with Gasteiger partial charge in [0.2, 0.25) is 11.4 Å². The Morgan fingerprint density at radius 1 is 1.57 bits per heavy atom. The minimum absolute atomic E-state index is 0. The fourth-order valence-corrected chi connectivity index (χ4v) is 0.500. The largest absolute Gasteiger partial charge is 1.00 e. The first kappa shape index (κ1) is 10.3. The van der Waals surface area contributed by atoms with Crippen molar-refractivity contribution in [1.29, 1.82) is 0 Å². The molecular weight excluding hydrogens is 132 g/mol. The molecule has 0 aromatic heterocycles. The van der Waals surface area contributed by atoms with E-state index in [2.05, 4.69) is 0 Å². The Labute approximate surface area is 53.6 Å². The average Bonchev–Trinajstić information content (AvgIpc) is 1.35. The van der Waals surface area contributed by atoms with Crippen LogP contribution in [0, 0.1) is 0 Å². The normalized spacial score (nSPS) is 6.71. The summed E-state index contributed by atoms with van der Waals surface area (Å²) in [6.07, 6.45) is 0. The summed E-state index contributed by atoms with van der Waals surface area (Å²) in [5.41, 5.74) is 10.1. The maximum Gasteiger partial charge on any atom is 0.314 e. The third-order valence-electron chi connectivity index (χ3n) is 0.311. The van der Waals surface area contributed by atoms with Crippen LogP contribution in [0.15, 0.2) is 0 Å². The zero-order valence-corrected chi connectivity index (χ0v) is 5.72. The zero-order valence-electron chi connectivity index (χ0n) is 4.15. The molecule has 4 heteroatoms. The smallest absolute Gasteiger partial charge is 0.314 e. The fraction of sp³-hybridized carbons (Fsp3) is 0.667. The van der Waals surface area contributed by atoms with Crippen LogP contribution in [0.1, 0.15) is 6.92 Å². The van der Waals surface area contributed by atoms with E-state index in [1.54, 1.807) is 0 Å². The van der Waals surface area contributed by atoms with E-state index in [9.17, 15) is 0 Å². The second kappa shape index (κ2) is 6.30. The summed E-state index contributed by atoms with van der Waals surface area (Å²) in [7, 11) is 0. The molecule has 0 fully saturated rings. The number of hydrogen-bond donors (Lipinski definition) is 2. The van der Waals surface area contributed by atoms with E-state index in [4.69, 9.17) is 11.5 Å². The Hall–Kier alpha value is 0.300. The van der Waals surface area contributed by atoms with Crippen LogP contribution in [-0.4, -0.2) is 10.9 Å². The van der Waals surface area contributed by atoms with Crippen LogP contribution in [0.3, 0.4) is 0 Å². The van der Waals surface area contributed by atoms with Gasteiger partial charge in [-0.05, 0) is 6.92 Å². The van der Waals surface area contributed by atoms with E-state index >= 15 is 0 Å². The Morgan fingerprint density at radius 3 is 2.00 bits per heavy atom. The van der Waals surface area contributed by atoms with E-state index in [0.717, 1.165) is 5.75 Å². The molecule has 4 N–H and O–H groups in total. The molecule has 0 radical (unpaired) electrons. The molecule has 0 aliphatic heterocycles. The summed E-state index contributed by atoms with van der Waals surface area (Å²) >= 11 is 1.46. The molecular formula is C3H9ClN2S. The highest BCUT2D eigenvalue weighted by Crippen LogP contribution is 1.51. The van der Waals surface area contributed by atoms with Crippen LogP contribution in [-0.2, 0) is 11.4 Å². The SMILES string of the molecule is CC[S+]=C(N)N.[Cl-]. The van der Waals surface area contributed by atoms with Gasteiger partial charge < -0.3 is 12.4 Å². The van der Waals surface area contributed by atoms with Crippen molar-refractivity contribution in [1.82, 2.24) is 0 Å². The third kappa shape index (κ3) is 10.7. The predicted octanol–water partition coefficient (Wildman–Crippen LogP) is -3.90. The molecule has 0 bridgehead atoms. The molecule has 0 saturated carbocycles. The maximum absolute atomic E-state index is 5.06. The van der Waals surface area contributed by atoms with Gasteiger partial charge in [0.1, 0.15) is 0 Å². The van der Waals surface area contributed by atoms with Crippen molar-refractivity contribution >= 4 is 16.5 Å². The highest BCUT2D eigenvalue weighted by Gasteiger charge is 1.88. The van der Waals surface area contributed by atoms with Gasteiger partial charge in [-0.1, -0.05) is 0 Å². The molecule has 0 aliphatic rings. The Balaban J connectivity index is 0. The van der Waals surface area contributed by atoms with Crippen LogP contribution in [0.25, 0.3) is 0 Å². The predicted molar refractivity (Wildman–Crippen MR) is 31.3 cm³/mol. The molecule has 0 heterocycles. The van der Waals surface area contributed by atoms with Gasteiger partial charge in [0.05, 0.1) is 0 Å². The summed E-state index contributed by atoms with van der Waals surface area (Å²) < 4.78 is 0. The number of hydrogen-bond acceptors (Lipinski definition) is 0. The van der Waals surface area contributed by atoms with E-state index in [-0.39, 0.29) is 12.4 Å². The van der Waals surface area contributed by atoms with Crippen molar-refractivity contribution in [3.63, 3.8) is 0 Å². The highest BCUT2D eigenvalue weighted by atomic mass is 35.5. The molecule has 0 rings (SSSR count). The van der Waals surface area contributed by atoms with Gasteiger partial charge in [0.15, 0.2) is 5.75 Å². The van der Waals surface area contributed by atoms with Crippen molar-refractivity contribution in [2.75, 3.05) is 5.75 Å². The van der Waals surface area contributed by atoms with E-state index in [1.807, 2.05) is 6.92 Å². The lowest BCUT2D eigenvalue weighted by Crippen LogP contribution is -3.00. The lowest BCUT2D eigenvalue weighted by molar-refractivity contribution is -0.00000152. The van der Waals surface area contributed by atoms with Gasteiger partial charge >= 0.3 is 5.11 Å². The van der Waals surface area contributed by atoms with Crippen molar-refractivity contribution in [2.24, 2.45) is 11.5 Å². The number of rotatable bonds is 1. The molecule has 0 spiro atoms. The summed E-state index contributed by atoms with van der Waals surface area (Å²) in [6, 6.07) is 0. The third-order valence-corrected chi connectivity index (χ3v) is 0.933. The van der Waals surface area contributed by atoms with E-state index in [1.165, 1.54) is 11.4 Å². The van der Waals surface area contributed by atoms with Gasteiger partial charge in [-0.25, -0.2) is 11.5 Å². The molecule has 0 unspecified atom stereocenters. The Kier molecular flexibility index (Phi) is 9.28. The van der Waals surface area contributed by atoms with Gasteiger partial charge in [-0.3, -0.25) is 0 Å². The van der Waals surface area contributed by atoms with Crippen LogP contribution < -0.4 is 23.9 Å². The van der Waals surface area contributed by atoms with E-state index < -0.39 is 0 Å². The summed E-state index contributed by atoms with van der Waals surface area (Å²) in [4.78, 5) is 0. The second-order valence-electron chi connectivity index (χ2n) is 0.835. The number of nitrogens with two attached hydrogens (primary N) is 2. The highest BCUT2D eigenvalue weighted by molar-refractivity contribution is 7.78. The van der Waals surface area contributed by atoms with Crippen molar-refractivity contribution in [3.8, 4) is 0 Å². The molecule has 7 heavy (non-hydrogen) atoms. The minimum Gasteiger partial charge on any atom is -1.00 e. The first-order valence-electron chi connectivity index (χ1n) is 1.78. The van der Waals surface area contributed by atoms with Gasteiger partial charge in [-0.2, -0.15) is 0 Å². The summed E-state index contributed by atoms with van der Waals surface area (Å²) in [5, 5.41) is 0.456. The second-order valence-corrected chi connectivity index (χ2v) is 2.17. The molecule has 0 aliphatic carbocycles. The topological polar surface area (TPSA) is 52.0 Å². The van der Waals surface area contributed by atoms with Crippen LogP contribution >= 0.6 is 0 Å². The lowest BCUT2D eigenvalue weighted by atomic mass is 11.0. The molecule has 0 aromatic carbocycles. The molecule has 0 atom stereocenters. The van der Waals surface area contributed by atoms with Gasteiger partial charge in [0.25, 0.3) is 0 Å². The van der Waals surface area contributed by atoms with E-state index in [0.29, 0.717) is 5.11 Å². The maximum atomic E-state index is 5.06. The van der Waals surface area contributed by atoms with Crippen molar-refractivity contribution < 1.29 is 12.4 Å². The zero-order chi connectivity index (χ0) is 4.99. The minimum atomic E-state index is 0. The number of halogens is 1. The van der Waals surface area contributed by atoms with Crippen LogP contribution in [0.5, 0.6) is 0 Å². The Morgan fingerprint density at radius 2 is 2.00 bits per heavy atom. The van der Waals surface area contributed by atoms with Gasteiger partial charge in [0, 0.05) is 0 Å². The summed E-state index contributed by atoms with van der Waals surface area (Å²) in [6.45, 7) is 2.00. The van der Waals surface area contributed by atoms with Crippen LogP contribution in [0.2, 0.25) is 0 Å². The molecule has 44 valence electrons.